The molecule has 4 heteroatoms. The Morgan fingerprint density at radius 1 is 1.59 bits per heavy atom. The Hall–Kier alpha value is -1.55. The lowest BCUT2D eigenvalue weighted by Gasteiger charge is -2.09. The highest BCUT2D eigenvalue weighted by Crippen LogP contribution is 2.31. The molecule has 3 N–H and O–H groups in total. The molecule has 0 saturated carbocycles. The van der Waals surface area contributed by atoms with Crippen molar-refractivity contribution in [2.45, 2.75) is 25.3 Å². The molecule has 1 aliphatic carbocycles. The minimum absolute atomic E-state index is 0.00631. The van der Waals surface area contributed by atoms with Gasteiger partial charge in [-0.15, -0.1) is 0 Å². The van der Waals surface area contributed by atoms with Gasteiger partial charge in [0.05, 0.1) is 13.0 Å². The van der Waals surface area contributed by atoms with Crippen LogP contribution in [0.4, 0.5) is 0 Å². The highest BCUT2D eigenvalue weighted by Gasteiger charge is 2.18. The van der Waals surface area contributed by atoms with Gasteiger partial charge in [0.1, 0.15) is 5.75 Å². The molecule has 1 unspecified atom stereocenters. The Labute approximate surface area is 101 Å². The largest absolute Gasteiger partial charge is 0.493 e. The van der Waals surface area contributed by atoms with Gasteiger partial charge >= 0.3 is 0 Å². The number of nitrogens with two attached hydrogens (primary N) is 1. The lowest BCUT2D eigenvalue weighted by molar-refractivity contribution is -0.121. The molecule has 0 saturated heterocycles. The summed E-state index contributed by atoms with van der Waals surface area (Å²) in [6.45, 7) is 0.407. The molecule has 0 bridgehead atoms. The first-order valence-corrected chi connectivity index (χ1v) is 5.92. The van der Waals surface area contributed by atoms with E-state index in [1.54, 1.807) is 7.05 Å². The van der Waals surface area contributed by atoms with Crippen LogP contribution in [0.2, 0.25) is 0 Å². The van der Waals surface area contributed by atoms with Crippen molar-refractivity contribution in [3.63, 3.8) is 0 Å². The first kappa shape index (κ1) is 11.9. The average Bonchev–Trinajstić information content (AvgIpc) is 2.70. The molecule has 17 heavy (non-hydrogen) atoms. The smallest absolute Gasteiger partial charge is 0.223 e. The number of carbonyl (C=O) groups is 1. The monoisotopic (exact) mass is 234 g/mol. The highest BCUT2D eigenvalue weighted by atomic mass is 16.5. The van der Waals surface area contributed by atoms with Crippen LogP contribution in [0, 0.1) is 0 Å². The first-order valence-electron chi connectivity index (χ1n) is 5.92. The third-order valence-corrected chi connectivity index (χ3v) is 3.12. The van der Waals surface area contributed by atoms with Gasteiger partial charge in [0, 0.05) is 13.1 Å². The van der Waals surface area contributed by atoms with Crippen LogP contribution >= 0.6 is 0 Å². The molecule has 0 heterocycles. The van der Waals surface area contributed by atoms with Gasteiger partial charge in [-0.25, -0.2) is 0 Å². The lowest BCUT2D eigenvalue weighted by atomic mass is 10.1. The second kappa shape index (κ2) is 5.19. The second-order valence-corrected chi connectivity index (χ2v) is 4.28. The van der Waals surface area contributed by atoms with E-state index in [1.165, 1.54) is 11.1 Å². The van der Waals surface area contributed by atoms with Crippen molar-refractivity contribution >= 4 is 5.91 Å². The van der Waals surface area contributed by atoms with Crippen molar-refractivity contribution in [2.75, 3.05) is 13.7 Å². The average molecular weight is 234 g/mol. The van der Waals surface area contributed by atoms with Crippen molar-refractivity contribution in [3.8, 4) is 5.75 Å². The summed E-state index contributed by atoms with van der Waals surface area (Å²) in [4.78, 5) is 11.0. The number of benzene rings is 1. The fraction of sp³-hybridized carbons (Fsp3) is 0.462. The topological polar surface area (TPSA) is 64.3 Å². The molecular weight excluding hydrogens is 216 g/mol. The molecule has 92 valence electrons. The second-order valence-electron chi connectivity index (χ2n) is 4.28. The van der Waals surface area contributed by atoms with Crippen molar-refractivity contribution in [1.82, 2.24) is 5.32 Å². The molecular formula is C13H18N2O2. The van der Waals surface area contributed by atoms with Gasteiger partial charge in [0.15, 0.2) is 0 Å². The van der Waals surface area contributed by atoms with E-state index >= 15 is 0 Å². The number of hydrogen-bond donors (Lipinski definition) is 2. The summed E-state index contributed by atoms with van der Waals surface area (Å²) in [5, 5.41) is 2.56. The van der Waals surface area contributed by atoms with E-state index in [9.17, 15) is 4.79 Å². The van der Waals surface area contributed by atoms with Gasteiger partial charge in [-0.2, -0.15) is 0 Å². The summed E-state index contributed by atoms with van der Waals surface area (Å²) in [7, 11) is 1.62. The minimum atomic E-state index is -0.00631. The zero-order chi connectivity index (χ0) is 12.3. The van der Waals surface area contributed by atoms with Gasteiger partial charge in [-0.05, 0) is 36.1 Å². The summed E-state index contributed by atoms with van der Waals surface area (Å²) in [5.41, 5.74) is 8.46. The first-order chi connectivity index (χ1) is 8.20. The molecule has 0 fully saturated rings. The molecule has 0 radical (unpaired) electrons. The Kier molecular flexibility index (Phi) is 3.64. The van der Waals surface area contributed by atoms with E-state index in [4.69, 9.17) is 10.5 Å². The van der Waals surface area contributed by atoms with E-state index < -0.39 is 0 Å². The predicted molar refractivity (Wildman–Crippen MR) is 65.9 cm³/mol. The maximum absolute atomic E-state index is 11.0. The van der Waals surface area contributed by atoms with Crippen LogP contribution in [0.1, 0.15) is 30.0 Å². The van der Waals surface area contributed by atoms with Crippen LogP contribution in [0.25, 0.3) is 0 Å². The molecule has 1 aliphatic rings. The molecule has 1 atom stereocenters. The Morgan fingerprint density at radius 2 is 2.41 bits per heavy atom. The molecule has 0 aliphatic heterocycles. The SMILES string of the molecule is CNC(=O)CCOc1ccc2c(c1)CCC2N. The Bertz CT molecular complexity index is 418. The van der Waals surface area contributed by atoms with Crippen LogP contribution in [-0.4, -0.2) is 19.6 Å². The fourth-order valence-corrected chi connectivity index (χ4v) is 2.10. The zero-order valence-corrected chi connectivity index (χ0v) is 10.0. The van der Waals surface area contributed by atoms with E-state index in [0.717, 1.165) is 18.6 Å². The number of ether oxygens (including phenoxy) is 1. The lowest BCUT2D eigenvalue weighted by Crippen LogP contribution is -2.20. The molecule has 1 aromatic carbocycles. The van der Waals surface area contributed by atoms with Crippen molar-refractivity contribution in [3.05, 3.63) is 29.3 Å². The highest BCUT2D eigenvalue weighted by molar-refractivity contribution is 5.75. The molecule has 0 spiro atoms. The fourth-order valence-electron chi connectivity index (χ4n) is 2.10. The maximum Gasteiger partial charge on any atom is 0.223 e. The summed E-state index contributed by atoms with van der Waals surface area (Å²) < 4.78 is 5.54. The van der Waals surface area contributed by atoms with Crippen LogP contribution in [0.15, 0.2) is 18.2 Å². The number of nitrogens with one attached hydrogen (secondary N) is 1. The van der Waals surface area contributed by atoms with Gasteiger partial charge in [0.25, 0.3) is 0 Å². The minimum Gasteiger partial charge on any atom is -0.493 e. The number of amides is 1. The normalized spacial score (nSPS) is 17.6. The van der Waals surface area contributed by atoms with Gasteiger partial charge in [0.2, 0.25) is 5.91 Å². The third kappa shape index (κ3) is 2.77. The van der Waals surface area contributed by atoms with Gasteiger partial charge < -0.3 is 15.8 Å². The third-order valence-electron chi connectivity index (χ3n) is 3.12. The van der Waals surface area contributed by atoms with E-state index in [0.29, 0.717) is 13.0 Å². The van der Waals surface area contributed by atoms with Crippen LogP contribution in [0.3, 0.4) is 0 Å². The van der Waals surface area contributed by atoms with E-state index in [2.05, 4.69) is 5.32 Å². The summed E-state index contributed by atoms with van der Waals surface area (Å²) in [6, 6.07) is 6.16. The van der Waals surface area contributed by atoms with Crippen molar-refractivity contribution < 1.29 is 9.53 Å². The quantitative estimate of drug-likeness (QED) is 0.821. The van der Waals surface area contributed by atoms with Crippen LogP contribution in [0.5, 0.6) is 5.75 Å². The summed E-state index contributed by atoms with van der Waals surface area (Å²) >= 11 is 0. The van der Waals surface area contributed by atoms with Crippen molar-refractivity contribution in [2.24, 2.45) is 5.73 Å². The molecule has 0 aromatic heterocycles. The number of fused-ring (bicyclic) bond motifs is 1. The summed E-state index contributed by atoms with van der Waals surface area (Å²) in [5.74, 6) is 0.815. The standard InChI is InChI=1S/C13H18N2O2/c1-15-13(16)6-7-17-10-3-4-11-9(8-10)2-5-12(11)14/h3-4,8,12H,2,5-7,14H2,1H3,(H,15,16). The molecule has 1 amide bonds. The number of hydrogen-bond acceptors (Lipinski definition) is 3. The van der Waals surface area contributed by atoms with Crippen molar-refractivity contribution in [1.29, 1.82) is 0 Å². The molecule has 4 nitrogen and oxygen atoms in total. The van der Waals surface area contributed by atoms with E-state index in [-0.39, 0.29) is 11.9 Å². The number of rotatable bonds is 4. The van der Waals surface area contributed by atoms with E-state index in [1.807, 2.05) is 18.2 Å². The Balaban J connectivity index is 1.92. The molecule has 2 rings (SSSR count). The number of aryl methyl sites for hydroxylation is 1. The Morgan fingerprint density at radius 3 is 3.18 bits per heavy atom. The van der Waals surface area contributed by atoms with Gasteiger partial charge in [-0.3, -0.25) is 4.79 Å². The summed E-state index contributed by atoms with van der Waals surface area (Å²) in [6.07, 6.45) is 2.41. The zero-order valence-electron chi connectivity index (χ0n) is 10.0. The van der Waals surface area contributed by atoms with Crippen LogP contribution in [-0.2, 0) is 11.2 Å². The maximum atomic E-state index is 11.0. The van der Waals surface area contributed by atoms with Crippen LogP contribution < -0.4 is 15.8 Å². The predicted octanol–water partition coefficient (Wildman–Crippen LogP) is 1.15. The van der Waals surface area contributed by atoms with Gasteiger partial charge in [-0.1, -0.05) is 6.07 Å². The molecule has 1 aromatic rings. The number of carbonyl (C=O) groups excluding carboxylic acids is 1.